The lowest BCUT2D eigenvalue weighted by Crippen LogP contribution is -2.48. The summed E-state index contributed by atoms with van der Waals surface area (Å²) in [6.45, 7) is 5.69. The Morgan fingerprint density at radius 1 is 1.15 bits per heavy atom. The number of aliphatic hydroxyl groups is 1. The fraction of sp³-hybridized carbons (Fsp3) is 0.722. The first-order valence-corrected chi connectivity index (χ1v) is 11.1. The van der Waals surface area contributed by atoms with Gasteiger partial charge in [-0.3, -0.25) is 24.2 Å². The Bertz CT molecular complexity index is 636. The van der Waals surface area contributed by atoms with Crippen molar-refractivity contribution in [2.45, 2.75) is 18.9 Å². The molecule has 3 heterocycles. The van der Waals surface area contributed by atoms with Gasteiger partial charge in [0.05, 0.1) is 12.4 Å². The van der Waals surface area contributed by atoms with E-state index in [0.717, 1.165) is 26.2 Å². The lowest BCUT2D eigenvalue weighted by molar-refractivity contribution is 0.116. The van der Waals surface area contributed by atoms with Gasteiger partial charge < -0.3 is 5.11 Å². The van der Waals surface area contributed by atoms with E-state index in [9.17, 15) is 8.42 Å². The van der Waals surface area contributed by atoms with Crippen LogP contribution in [0.3, 0.4) is 0 Å². The predicted molar refractivity (Wildman–Crippen MR) is 105 cm³/mol. The van der Waals surface area contributed by atoms with E-state index in [2.05, 4.69) is 27.9 Å². The summed E-state index contributed by atoms with van der Waals surface area (Å²) in [5, 5.41) is 8.73. The van der Waals surface area contributed by atoms with Crippen molar-refractivity contribution in [3.05, 3.63) is 30.1 Å². The summed E-state index contributed by atoms with van der Waals surface area (Å²) in [5.41, 5.74) is 1.36. The Hall–Kier alpha value is -1.10. The molecule has 2 aliphatic heterocycles. The van der Waals surface area contributed by atoms with Crippen LogP contribution in [-0.2, 0) is 10.1 Å². The number of likely N-dealkylation sites (tertiary alicyclic amines) is 1. The van der Waals surface area contributed by atoms with Crippen LogP contribution >= 0.6 is 0 Å². The molecule has 0 aliphatic carbocycles. The van der Waals surface area contributed by atoms with Gasteiger partial charge in [0, 0.05) is 57.7 Å². The van der Waals surface area contributed by atoms with E-state index < -0.39 is 10.1 Å². The number of nitrogens with zero attached hydrogens (tertiary/aromatic N) is 4. The number of aliphatic hydroxyl groups excluding tert-OH is 1. The standard InChI is InChI=1S/C10H14N2.C8H18N2O4S/c1-12-7-3-5-10(12)9-4-2-6-11-8-9;11-7-5-9-1-3-10(4-2-9)6-8-15(12,13)14/h2,4,6,8,10H,3,5,7H2,1H3;11H,1-8H2,(H,12,13,14)/t10-;/m0./s1. The van der Waals surface area contributed by atoms with E-state index in [0.29, 0.717) is 19.1 Å². The minimum Gasteiger partial charge on any atom is -0.395 e. The second-order valence-electron chi connectivity index (χ2n) is 7.12. The van der Waals surface area contributed by atoms with Crippen molar-refractivity contribution in [1.29, 1.82) is 0 Å². The molecule has 0 bridgehead atoms. The summed E-state index contributed by atoms with van der Waals surface area (Å²) in [6.07, 6.45) is 6.41. The van der Waals surface area contributed by atoms with Gasteiger partial charge in [0.2, 0.25) is 0 Å². The molecule has 0 radical (unpaired) electrons. The van der Waals surface area contributed by atoms with E-state index >= 15 is 0 Å². The fourth-order valence-electron chi connectivity index (χ4n) is 3.53. The first-order chi connectivity index (χ1) is 12.9. The van der Waals surface area contributed by atoms with Gasteiger partial charge in [-0.2, -0.15) is 8.42 Å². The van der Waals surface area contributed by atoms with Crippen LogP contribution in [0.15, 0.2) is 24.5 Å². The number of hydrogen-bond donors (Lipinski definition) is 2. The third-order valence-corrected chi connectivity index (χ3v) is 5.83. The molecule has 8 nitrogen and oxygen atoms in total. The highest BCUT2D eigenvalue weighted by molar-refractivity contribution is 7.85. The predicted octanol–water partition coefficient (Wildman–Crippen LogP) is 0.332. The first kappa shape index (κ1) is 22.2. The molecule has 2 N–H and O–H groups in total. The number of piperazine rings is 1. The van der Waals surface area contributed by atoms with E-state index in [1.807, 2.05) is 23.4 Å². The molecule has 2 fully saturated rings. The second-order valence-corrected chi connectivity index (χ2v) is 8.69. The molecule has 0 aromatic carbocycles. The van der Waals surface area contributed by atoms with Crippen molar-refractivity contribution in [3.63, 3.8) is 0 Å². The van der Waals surface area contributed by atoms with E-state index in [-0.39, 0.29) is 12.4 Å². The van der Waals surface area contributed by atoms with Crippen molar-refractivity contribution < 1.29 is 18.1 Å². The van der Waals surface area contributed by atoms with Gasteiger partial charge in [0.1, 0.15) is 0 Å². The SMILES string of the molecule is CN1CCC[C@H]1c1cccnc1.O=S(=O)(O)CCN1CCN(CCO)CC1. The first-order valence-electron chi connectivity index (χ1n) is 9.50. The minimum absolute atomic E-state index is 0.158. The number of β-amino-alcohol motifs (C(OH)–C–C–N with tert-alkyl or cyclic N) is 1. The lowest BCUT2D eigenvalue weighted by Gasteiger charge is -2.33. The summed E-state index contributed by atoms with van der Waals surface area (Å²) in [6, 6.07) is 4.79. The fourth-order valence-corrected chi connectivity index (χ4v) is 4.02. The van der Waals surface area contributed by atoms with Crippen LogP contribution in [0.4, 0.5) is 0 Å². The third-order valence-electron chi connectivity index (χ3n) is 5.14. The maximum atomic E-state index is 10.5. The van der Waals surface area contributed by atoms with Crippen LogP contribution in [0, 0.1) is 0 Å². The van der Waals surface area contributed by atoms with Crippen LogP contribution in [0.2, 0.25) is 0 Å². The van der Waals surface area contributed by atoms with Gasteiger partial charge in [-0.25, -0.2) is 0 Å². The van der Waals surface area contributed by atoms with E-state index in [1.54, 1.807) is 0 Å². The largest absolute Gasteiger partial charge is 0.395 e. The van der Waals surface area contributed by atoms with Gasteiger partial charge >= 0.3 is 0 Å². The van der Waals surface area contributed by atoms with Crippen molar-refractivity contribution in [2.75, 3.05) is 65.2 Å². The monoisotopic (exact) mass is 400 g/mol. The molecular formula is C18H32N4O4S. The maximum Gasteiger partial charge on any atom is 0.266 e. The highest BCUT2D eigenvalue weighted by Gasteiger charge is 2.22. The van der Waals surface area contributed by atoms with Crippen LogP contribution in [0.5, 0.6) is 0 Å². The van der Waals surface area contributed by atoms with Crippen molar-refractivity contribution in [3.8, 4) is 0 Å². The highest BCUT2D eigenvalue weighted by Crippen LogP contribution is 2.29. The molecule has 2 saturated heterocycles. The Morgan fingerprint density at radius 3 is 2.30 bits per heavy atom. The molecule has 0 saturated carbocycles. The Labute approximate surface area is 162 Å². The van der Waals surface area contributed by atoms with Gasteiger partial charge in [0.15, 0.2) is 0 Å². The van der Waals surface area contributed by atoms with E-state index in [1.165, 1.54) is 24.9 Å². The Balaban J connectivity index is 0.000000198. The van der Waals surface area contributed by atoms with Crippen molar-refractivity contribution >= 4 is 10.1 Å². The zero-order chi connectivity index (χ0) is 19.7. The average molecular weight is 401 g/mol. The summed E-state index contributed by atoms with van der Waals surface area (Å²) < 4.78 is 29.6. The van der Waals surface area contributed by atoms with Crippen LogP contribution in [0.1, 0.15) is 24.4 Å². The molecule has 2 aliphatic rings. The van der Waals surface area contributed by atoms with E-state index in [4.69, 9.17) is 9.66 Å². The van der Waals surface area contributed by atoms with Crippen molar-refractivity contribution in [1.82, 2.24) is 19.7 Å². The molecule has 1 atom stereocenters. The van der Waals surface area contributed by atoms with Gasteiger partial charge in [-0.1, -0.05) is 6.07 Å². The zero-order valence-electron chi connectivity index (χ0n) is 16.1. The topological polar surface area (TPSA) is 97.2 Å². The third kappa shape index (κ3) is 8.20. The molecule has 27 heavy (non-hydrogen) atoms. The molecule has 154 valence electrons. The molecular weight excluding hydrogens is 368 g/mol. The number of rotatable bonds is 6. The normalized spacial score (nSPS) is 22.4. The molecule has 3 rings (SSSR count). The zero-order valence-corrected chi connectivity index (χ0v) is 16.9. The molecule has 0 unspecified atom stereocenters. The summed E-state index contributed by atoms with van der Waals surface area (Å²) in [5.74, 6) is -0.201. The number of hydrogen-bond acceptors (Lipinski definition) is 7. The summed E-state index contributed by atoms with van der Waals surface area (Å²) in [4.78, 5) is 10.7. The number of aromatic nitrogens is 1. The lowest BCUT2D eigenvalue weighted by atomic mass is 10.1. The highest BCUT2D eigenvalue weighted by atomic mass is 32.2. The Kier molecular flexibility index (Phi) is 9.07. The molecule has 1 aromatic heterocycles. The van der Waals surface area contributed by atoms with Gasteiger partial charge in [-0.05, 0) is 38.1 Å². The summed E-state index contributed by atoms with van der Waals surface area (Å²) in [7, 11) is -1.66. The van der Waals surface area contributed by atoms with Gasteiger partial charge in [-0.15, -0.1) is 0 Å². The minimum atomic E-state index is -3.84. The smallest absolute Gasteiger partial charge is 0.266 e. The molecule has 0 amide bonds. The summed E-state index contributed by atoms with van der Waals surface area (Å²) >= 11 is 0. The van der Waals surface area contributed by atoms with Crippen LogP contribution in [-0.4, -0.2) is 103 Å². The quantitative estimate of drug-likeness (QED) is 0.660. The molecule has 9 heteroatoms. The van der Waals surface area contributed by atoms with Crippen LogP contribution in [0.25, 0.3) is 0 Å². The maximum absolute atomic E-state index is 10.5. The number of pyridine rings is 1. The van der Waals surface area contributed by atoms with Gasteiger partial charge in [0.25, 0.3) is 10.1 Å². The van der Waals surface area contributed by atoms with Crippen LogP contribution < -0.4 is 0 Å². The average Bonchev–Trinajstić information content (AvgIpc) is 3.08. The Morgan fingerprint density at radius 2 is 1.81 bits per heavy atom. The van der Waals surface area contributed by atoms with Crippen molar-refractivity contribution in [2.24, 2.45) is 0 Å². The second kappa shape index (κ2) is 11.0. The molecule has 0 spiro atoms. The molecule has 1 aromatic rings.